The van der Waals surface area contributed by atoms with Crippen molar-refractivity contribution in [1.82, 2.24) is 10.6 Å². The van der Waals surface area contributed by atoms with Crippen molar-refractivity contribution < 1.29 is 19.1 Å². The van der Waals surface area contributed by atoms with Crippen molar-refractivity contribution in [2.24, 2.45) is 5.92 Å². The predicted molar refractivity (Wildman–Crippen MR) is 86.9 cm³/mol. The number of ether oxygens (including phenoxy) is 1. The van der Waals surface area contributed by atoms with Gasteiger partial charge in [0.1, 0.15) is 6.04 Å². The Kier molecular flexibility index (Phi) is 7.25. The highest BCUT2D eigenvalue weighted by Crippen LogP contribution is 2.06. The summed E-state index contributed by atoms with van der Waals surface area (Å²) in [7, 11) is 1.28. The van der Waals surface area contributed by atoms with Crippen molar-refractivity contribution in [2.75, 3.05) is 13.7 Å². The quantitative estimate of drug-likeness (QED) is 0.744. The summed E-state index contributed by atoms with van der Waals surface area (Å²) in [4.78, 5) is 35.5. The minimum Gasteiger partial charge on any atom is -0.467 e. The Hall–Kier alpha value is -2.37. The molecule has 1 aromatic rings. The van der Waals surface area contributed by atoms with Crippen LogP contribution in [0.1, 0.15) is 36.2 Å². The number of methoxy groups -OCH3 is 1. The summed E-state index contributed by atoms with van der Waals surface area (Å²) in [5, 5.41) is 5.12. The van der Waals surface area contributed by atoms with Gasteiger partial charge in [-0.25, -0.2) is 4.79 Å². The van der Waals surface area contributed by atoms with Crippen LogP contribution in [0.4, 0.5) is 0 Å². The number of esters is 1. The second-order valence-electron chi connectivity index (χ2n) is 5.82. The molecule has 0 saturated heterocycles. The van der Waals surface area contributed by atoms with E-state index in [1.807, 2.05) is 32.9 Å². The Morgan fingerprint density at radius 2 is 1.74 bits per heavy atom. The van der Waals surface area contributed by atoms with E-state index in [0.717, 1.165) is 5.56 Å². The van der Waals surface area contributed by atoms with Crippen molar-refractivity contribution in [1.29, 1.82) is 0 Å². The van der Waals surface area contributed by atoms with Crippen LogP contribution in [0.2, 0.25) is 0 Å². The molecule has 0 spiro atoms. The van der Waals surface area contributed by atoms with E-state index in [-0.39, 0.29) is 18.4 Å². The molecule has 126 valence electrons. The summed E-state index contributed by atoms with van der Waals surface area (Å²) < 4.78 is 4.68. The van der Waals surface area contributed by atoms with E-state index >= 15 is 0 Å². The maximum absolute atomic E-state index is 11.9. The third kappa shape index (κ3) is 6.50. The maximum Gasteiger partial charge on any atom is 0.328 e. The van der Waals surface area contributed by atoms with Crippen LogP contribution in [-0.2, 0) is 14.3 Å². The number of hydrogen-bond donors (Lipinski definition) is 2. The fourth-order valence-electron chi connectivity index (χ4n) is 2.04. The highest BCUT2D eigenvalue weighted by molar-refractivity contribution is 5.96. The van der Waals surface area contributed by atoms with Crippen LogP contribution in [0.25, 0.3) is 0 Å². The normalized spacial score (nSPS) is 11.7. The second-order valence-corrected chi connectivity index (χ2v) is 5.82. The van der Waals surface area contributed by atoms with E-state index in [0.29, 0.717) is 12.0 Å². The summed E-state index contributed by atoms with van der Waals surface area (Å²) in [5.41, 5.74) is 1.53. The Morgan fingerprint density at radius 1 is 1.13 bits per heavy atom. The number of hydrogen-bond acceptors (Lipinski definition) is 4. The summed E-state index contributed by atoms with van der Waals surface area (Å²) in [6.45, 7) is 5.62. The van der Waals surface area contributed by atoms with E-state index < -0.39 is 17.9 Å². The second kappa shape index (κ2) is 8.92. The van der Waals surface area contributed by atoms with Crippen LogP contribution in [0.3, 0.4) is 0 Å². The molecule has 23 heavy (non-hydrogen) atoms. The van der Waals surface area contributed by atoms with Gasteiger partial charge in [0.15, 0.2) is 0 Å². The van der Waals surface area contributed by atoms with Gasteiger partial charge in [0.05, 0.1) is 13.7 Å². The number of nitrogens with one attached hydrogen (secondary N) is 2. The first-order valence-electron chi connectivity index (χ1n) is 7.55. The van der Waals surface area contributed by atoms with Gasteiger partial charge in [0.25, 0.3) is 5.91 Å². The minimum atomic E-state index is -0.705. The number of amides is 2. The lowest BCUT2D eigenvalue weighted by molar-refractivity contribution is -0.145. The first kappa shape index (κ1) is 18.7. The van der Waals surface area contributed by atoms with Crippen LogP contribution in [0.15, 0.2) is 24.3 Å². The van der Waals surface area contributed by atoms with Crippen LogP contribution in [-0.4, -0.2) is 37.5 Å². The molecule has 0 aliphatic rings. The highest BCUT2D eigenvalue weighted by Gasteiger charge is 2.22. The molecule has 0 aliphatic heterocycles. The molecule has 0 bridgehead atoms. The van der Waals surface area contributed by atoms with Crippen molar-refractivity contribution in [3.63, 3.8) is 0 Å². The van der Waals surface area contributed by atoms with Crippen molar-refractivity contribution >= 4 is 17.8 Å². The molecular formula is C17H24N2O4. The molecule has 1 atom stereocenters. The maximum atomic E-state index is 11.9. The zero-order chi connectivity index (χ0) is 17.4. The predicted octanol–water partition coefficient (Wildman–Crippen LogP) is 1.43. The molecule has 0 radical (unpaired) electrons. The molecule has 6 heteroatoms. The Balaban J connectivity index is 2.52. The van der Waals surface area contributed by atoms with Gasteiger partial charge >= 0.3 is 5.97 Å². The van der Waals surface area contributed by atoms with Crippen LogP contribution >= 0.6 is 0 Å². The molecule has 0 saturated carbocycles. The zero-order valence-corrected chi connectivity index (χ0v) is 14.0. The van der Waals surface area contributed by atoms with Crippen LogP contribution in [0, 0.1) is 12.8 Å². The number of carbonyl (C=O) groups excluding carboxylic acids is 3. The Morgan fingerprint density at radius 3 is 2.26 bits per heavy atom. The zero-order valence-electron chi connectivity index (χ0n) is 14.0. The van der Waals surface area contributed by atoms with E-state index in [1.165, 1.54) is 7.11 Å². The van der Waals surface area contributed by atoms with Crippen molar-refractivity contribution in [3.8, 4) is 0 Å². The smallest absolute Gasteiger partial charge is 0.328 e. The molecule has 0 fully saturated rings. The number of benzene rings is 1. The SMILES string of the molecule is COC(=O)C(CC(C)C)NC(=O)CNC(=O)c1ccc(C)cc1. The molecular weight excluding hydrogens is 296 g/mol. The van der Waals surface area contributed by atoms with Crippen molar-refractivity contribution in [3.05, 3.63) is 35.4 Å². The van der Waals surface area contributed by atoms with E-state index in [1.54, 1.807) is 12.1 Å². The molecule has 1 aromatic carbocycles. The summed E-state index contributed by atoms with van der Waals surface area (Å²) in [6, 6.07) is 6.33. The van der Waals surface area contributed by atoms with Crippen LogP contribution < -0.4 is 10.6 Å². The molecule has 2 N–H and O–H groups in total. The lowest BCUT2D eigenvalue weighted by atomic mass is 10.0. The average Bonchev–Trinajstić information content (AvgIpc) is 2.51. The molecule has 2 amide bonds. The standard InChI is InChI=1S/C17H24N2O4/c1-11(2)9-14(17(22)23-4)19-15(20)10-18-16(21)13-7-5-12(3)6-8-13/h5-8,11,14H,9-10H2,1-4H3,(H,18,21)(H,19,20). The fourth-order valence-corrected chi connectivity index (χ4v) is 2.04. The van der Waals surface area contributed by atoms with E-state index in [9.17, 15) is 14.4 Å². The lowest BCUT2D eigenvalue weighted by Gasteiger charge is -2.18. The number of carbonyl (C=O) groups is 3. The van der Waals surface area contributed by atoms with E-state index in [4.69, 9.17) is 0 Å². The van der Waals surface area contributed by atoms with Gasteiger partial charge in [-0.15, -0.1) is 0 Å². The molecule has 1 unspecified atom stereocenters. The van der Waals surface area contributed by atoms with Gasteiger partial charge in [-0.3, -0.25) is 9.59 Å². The number of rotatable bonds is 7. The molecule has 1 rings (SSSR count). The third-order valence-electron chi connectivity index (χ3n) is 3.25. The topological polar surface area (TPSA) is 84.5 Å². The molecule has 6 nitrogen and oxygen atoms in total. The largest absolute Gasteiger partial charge is 0.467 e. The summed E-state index contributed by atoms with van der Waals surface area (Å²) >= 11 is 0. The molecule has 0 aromatic heterocycles. The first-order chi connectivity index (χ1) is 10.8. The monoisotopic (exact) mass is 320 g/mol. The highest BCUT2D eigenvalue weighted by atomic mass is 16.5. The van der Waals surface area contributed by atoms with Gasteiger partial charge in [0, 0.05) is 5.56 Å². The summed E-state index contributed by atoms with van der Waals surface area (Å²) in [6.07, 6.45) is 0.477. The van der Waals surface area contributed by atoms with Gasteiger partial charge in [-0.2, -0.15) is 0 Å². The lowest BCUT2D eigenvalue weighted by Crippen LogP contribution is -2.46. The fraction of sp³-hybridized carbons (Fsp3) is 0.471. The van der Waals surface area contributed by atoms with Gasteiger partial charge < -0.3 is 15.4 Å². The van der Waals surface area contributed by atoms with Gasteiger partial charge in [0.2, 0.25) is 5.91 Å². The number of aryl methyl sites for hydroxylation is 1. The average molecular weight is 320 g/mol. The Labute approximate surface area is 136 Å². The van der Waals surface area contributed by atoms with Crippen molar-refractivity contribution in [2.45, 2.75) is 33.2 Å². The van der Waals surface area contributed by atoms with Crippen LogP contribution in [0.5, 0.6) is 0 Å². The Bertz CT molecular complexity index is 552. The molecule has 0 aliphatic carbocycles. The van der Waals surface area contributed by atoms with Gasteiger partial charge in [-0.05, 0) is 31.4 Å². The minimum absolute atomic E-state index is 0.196. The van der Waals surface area contributed by atoms with Gasteiger partial charge in [-0.1, -0.05) is 31.5 Å². The summed E-state index contributed by atoms with van der Waals surface area (Å²) in [5.74, 6) is -1.03. The first-order valence-corrected chi connectivity index (χ1v) is 7.55. The third-order valence-corrected chi connectivity index (χ3v) is 3.25. The molecule has 0 heterocycles. The van der Waals surface area contributed by atoms with E-state index in [2.05, 4.69) is 15.4 Å².